The summed E-state index contributed by atoms with van der Waals surface area (Å²) in [5, 5.41) is 0. The first-order valence-corrected chi connectivity index (χ1v) is 5.15. The minimum Gasteiger partial charge on any atom is -0.437 e. The standard InChI is InChI=1S/C11H14F3NO2/c1-7(2)15(6-11(12,13)14)10-5-4-9(17-10)8(3)16/h4-5,7H,6H2,1-3H3. The van der Waals surface area contributed by atoms with Crippen molar-refractivity contribution in [1.82, 2.24) is 0 Å². The van der Waals surface area contributed by atoms with Crippen LogP contribution in [0.5, 0.6) is 0 Å². The lowest BCUT2D eigenvalue weighted by Crippen LogP contribution is -2.38. The van der Waals surface area contributed by atoms with Crippen LogP contribution in [0.25, 0.3) is 0 Å². The first-order valence-electron chi connectivity index (χ1n) is 5.15. The van der Waals surface area contributed by atoms with Crippen molar-refractivity contribution in [3.63, 3.8) is 0 Å². The maximum Gasteiger partial charge on any atom is 0.406 e. The van der Waals surface area contributed by atoms with E-state index in [0.29, 0.717) is 0 Å². The molecule has 0 N–H and O–H groups in total. The Kier molecular flexibility index (Phi) is 3.85. The molecule has 1 aromatic heterocycles. The largest absolute Gasteiger partial charge is 0.437 e. The maximum atomic E-state index is 12.4. The molecule has 0 radical (unpaired) electrons. The highest BCUT2D eigenvalue weighted by molar-refractivity contribution is 5.91. The van der Waals surface area contributed by atoms with E-state index in [4.69, 9.17) is 4.42 Å². The van der Waals surface area contributed by atoms with Gasteiger partial charge in [0.05, 0.1) is 0 Å². The van der Waals surface area contributed by atoms with E-state index in [1.54, 1.807) is 13.8 Å². The molecule has 6 heteroatoms. The van der Waals surface area contributed by atoms with Crippen LogP contribution in [-0.2, 0) is 0 Å². The lowest BCUT2D eigenvalue weighted by Gasteiger charge is -2.27. The van der Waals surface area contributed by atoms with Crippen molar-refractivity contribution < 1.29 is 22.4 Å². The van der Waals surface area contributed by atoms with E-state index in [-0.39, 0.29) is 23.5 Å². The van der Waals surface area contributed by atoms with Gasteiger partial charge in [-0.3, -0.25) is 4.79 Å². The molecule has 0 unspecified atom stereocenters. The number of hydrogen-bond acceptors (Lipinski definition) is 3. The first kappa shape index (κ1) is 13.6. The van der Waals surface area contributed by atoms with Crippen molar-refractivity contribution in [2.45, 2.75) is 33.0 Å². The van der Waals surface area contributed by atoms with E-state index >= 15 is 0 Å². The number of carbonyl (C=O) groups is 1. The quantitative estimate of drug-likeness (QED) is 0.768. The molecule has 0 saturated heterocycles. The molecule has 1 heterocycles. The summed E-state index contributed by atoms with van der Waals surface area (Å²) < 4.78 is 42.2. The van der Waals surface area contributed by atoms with Crippen LogP contribution in [0.4, 0.5) is 19.1 Å². The van der Waals surface area contributed by atoms with Crippen LogP contribution in [0.15, 0.2) is 16.5 Å². The molecule has 0 atom stereocenters. The Morgan fingerprint density at radius 1 is 1.41 bits per heavy atom. The summed E-state index contributed by atoms with van der Waals surface area (Å²) in [5.41, 5.74) is 0. The molecule has 0 amide bonds. The van der Waals surface area contributed by atoms with E-state index in [0.717, 1.165) is 4.90 Å². The molecule has 0 aromatic carbocycles. The molecule has 0 aliphatic heterocycles. The van der Waals surface area contributed by atoms with Crippen molar-refractivity contribution in [3.05, 3.63) is 17.9 Å². The Hall–Kier alpha value is -1.46. The van der Waals surface area contributed by atoms with Gasteiger partial charge in [0.2, 0.25) is 0 Å². The molecule has 96 valence electrons. The number of carbonyl (C=O) groups excluding carboxylic acids is 1. The second-order valence-electron chi connectivity index (χ2n) is 4.03. The normalized spacial score (nSPS) is 11.9. The average Bonchev–Trinajstić information content (AvgIpc) is 2.60. The number of Topliss-reactive ketones (excluding diaryl/α,β-unsaturated/α-hetero) is 1. The molecule has 0 aliphatic rings. The van der Waals surface area contributed by atoms with Gasteiger partial charge < -0.3 is 9.32 Å². The molecule has 1 rings (SSSR count). The minimum atomic E-state index is -4.31. The smallest absolute Gasteiger partial charge is 0.406 e. The van der Waals surface area contributed by atoms with Gasteiger partial charge in [0.1, 0.15) is 6.54 Å². The summed E-state index contributed by atoms with van der Waals surface area (Å²) in [4.78, 5) is 12.1. The van der Waals surface area contributed by atoms with E-state index in [9.17, 15) is 18.0 Å². The zero-order valence-corrected chi connectivity index (χ0v) is 9.84. The summed E-state index contributed by atoms with van der Waals surface area (Å²) in [6.07, 6.45) is -4.31. The molecule has 0 saturated carbocycles. The third kappa shape index (κ3) is 3.80. The fraction of sp³-hybridized carbons (Fsp3) is 0.545. The second-order valence-corrected chi connectivity index (χ2v) is 4.03. The maximum absolute atomic E-state index is 12.4. The highest BCUT2D eigenvalue weighted by Crippen LogP contribution is 2.26. The number of nitrogens with zero attached hydrogens (tertiary/aromatic N) is 1. The van der Waals surface area contributed by atoms with Crippen LogP contribution >= 0.6 is 0 Å². The third-order valence-corrected chi connectivity index (χ3v) is 2.19. The van der Waals surface area contributed by atoms with Gasteiger partial charge in [-0.2, -0.15) is 13.2 Å². The predicted molar refractivity (Wildman–Crippen MR) is 57.2 cm³/mol. The Labute approximate surface area is 97.2 Å². The summed E-state index contributed by atoms with van der Waals surface area (Å²) >= 11 is 0. The summed E-state index contributed by atoms with van der Waals surface area (Å²) in [5.74, 6) is -0.192. The Balaban J connectivity index is 2.94. The number of ketones is 1. The zero-order chi connectivity index (χ0) is 13.2. The van der Waals surface area contributed by atoms with Gasteiger partial charge in [-0.25, -0.2) is 0 Å². The number of hydrogen-bond donors (Lipinski definition) is 0. The fourth-order valence-electron chi connectivity index (χ4n) is 1.38. The van der Waals surface area contributed by atoms with Gasteiger partial charge in [0.25, 0.3) is 0 Å². The lowest BCUT2D eigenvalue weighted by atomic mass is 10.3. The van der Waals surface area contributed by atoms with E-state index in [1.165, 1.54) is 19.1 Å². The number of furan rings is 1. The minimum absolute atomic E-state index is 0.0579. The molecule has 0 fully saturated rings. The van der Waals surface area contributed by atoms with Crippen molar-refractivity contribution in [2.24, 2.45) is 0 Å². The summed E-state index contributed by atoms with van der Waals surface area (Å²) in [7, 11) is 0. The molecule has 17 heavy (non-hydrogen) atoms. The van der Waals surface area contributed by atoms with Crippen molar-refractivity contribution in [3.8, 4) is 0 Å². The van der Waals surface area contributed by atoms with E-state index in [2.05, 4.69) is 0 Å². The van der Waals surface area contributed by atoms with Crippen LogP contribution in [0.2, 0.25) is 0 Å². The Morgan fingerprint density at radius 3 is 2.35 bits per heavy atom. The van der Waals surface area contributed by atoms with Crippen molar-refractivity contribution in [1.29, 1.82) is 0 Å². The molecular formula is C11H14F3NO2. The predicted octanol–water partition coefficient (Wildman–Crippen LogP) is 3.26. The fourth-order valence-corrected chi connectivity index (χ4v) is 1.38. The topological polar surface area (TPSA) is 33.5 Å². The number of halogens is 3. The van der Waals surface area contributed by atoms with Gasteiger partial charge in [-0.15, -0.1) is 0 Å². The highest BCUT2D eigenvalue weighted by atomic mass is 19.4. The molecule has 1 aromatic rings. The van der Waals surface area contributed by atoms with Crippen LogP contribution in [0.3, 0.4) is 0 Å². The Morgan fingerprint density at radius 2 is 2.00 bits per heavy atom. The van der Waals surface area contributed by atoms with Gasteiger partial charge in [-0.1, -0.05) is 0 Å². The van der Waals surface area contributed by atoms with Gasteiger partial charge in [0, 0.05) is 19.0 Å². The summed E-state index contributed by atoms with van der Waals surface area (Å²) in [6.45, 7) is 3.45. The van der Waals surface area contributed by atoms with Crippen LogP contribution in [-0.4, -0.2) is 24.5 Å². The van der Waals surface area contributed by atoms with Gasteiger partial charge >= 0.3 is 6.18 Å². The zero-order valence-electron chi connectivity index (χ0n) is 9.84. The number of alkyl halides is 3. The van der Waals surface area contributed by atoms with E-state index < -0.39 is 12.7 Å². The molecule has 0 aliphatic carbocycles. The van der Waals surface area contributed by atoms with Crippen LogP contribution in [0.1, 0.15) is 31.3 Å². The highest BCUT2D eigenvalue weighted by Gasteiger charge is 2.33. The van der Waals surface area contributed by atoms with Gasteiger partial charge in [0.15, 0.2) is 17.4 Å². The number of rotatable bonds is 4. The monoisotopic (exact) mass is 249 g/mol. The first-order chi connectivity index (χ1) is 7.70. The third-order valence-electron chi connectivity index (χ3n) is 2.19. The SMILES string of the molecule is CC(=O)c1ccc(N(CC(F)(F)F)C(C)C)o1. The molecule has 0 bridgehead atoms. The lowest BCUT2D eigenvalue weighted by molar-refractivity contribution is -0.120. The molecule has 3 nitrogen and oxygen atoms in total. The summed E-state index contributed by atoms with van der Waals surface area (Å²) in [6, 6.07) is 2.38. The van der Waals surface area contributed by atoms with E-state index in [1.807, 2.05) is 0 Å². The van der Waals surface area contributed by atoms with Crippen molar-refractivity contribution >= 4 is 11.7 Å². The average molecular weight is 249 g/mol. The van der Waals surface area contributed by atoms with Crippen LogP contribution in [0, 0.1) is 0 Å². The molecular weight excluding hydrogens is 235 g/mol. The number of anilines is 1. The van der Waals surface area contributed by atoms with Gasteiger partial charge in [-0.05, 0) is 19.9 Å². The molecule has 0 spiro atoms. The second kappa shape index (κ2) is 4.81. The van der Waals surface area contributed by atoms with Crippen LogP contribution < -0.4 is 4.90 Å². The Bertz CT molecular complexity index is 396. The van der Waals surface area contributed by atoms with Crippen molar-refractivity contribution in [2.75, 3.05) is 11.4 Å².